The van der Waals surface area contributed by atoms with Crippen molar-refractivity contribution in [2.24, 2.45) is 0 Å². The van der Waals surface area contributed by atoms with E-state index in [1.807, 2.05) is 6.92 Å². The maximum Gasteiger partial charge on any atom is 0.148 e. The fourth-order valence-corrected chi connectivity index (χ4v) is 1.48. The molecule has 0 spiro atoms. The lowest BCUT2D eigenvalue weighted by molar-refractivity contribution is 0.0895. The average molecular weight is 225 g/mol. The third-order valence-corrected chi connectivity index (χ3v) is 3.20. The Morgan fingerprint density at radius 3 is 2.07 bits per heavy atom. The van der Waals surface area contributed by atoms with Crippen molar-refractivity contribution in [3.05, 3.63) is 0 Å². The van der Waals surface area contributed by atoms with Gasteiger partial charge in [0.1, 0.15) is 9.84 Å². The SMILES string of the molecule is CCC(CO)(CO)NCCS(C)(=O)=O. The molecule has 86 valence electrons. The van der Waals surface area contributed by atoms with Crippen LogP contribution in [0.3, 0.4) is 0 Å². The monoisotopic (exact) mass is 225 g/mol. The molecule has 0 radical (unpaired) electrons. The summed E-state index contributed by atoms with van der Waals surface area (Å²) in [5, 5.41) is 20.9. The number of nitrogens with one attached hydrogen (secondary N) is 1. The van der Waals surface area contributed by atoms with Crippen LogP contribution in [0.2, 0.25) is 0 Å². The summed E-state index contributed by atoms with van der Waals surface area (Å²) in [5.41, 5.74) is -0.759. The summed E-state index contributed by atoms with van der Waals surface area (Å²) in [6, 6.07) is 0. The van der Waals surface area contributed by atoms with Crippen molar-refractivity contribution in [1.82, 2.24) is 5.32 Å². The molecule has 0 unspecified atom stereocenters. The first-order valence-corrected chi connectivity index (χ1v) is 6.59. The van der Waals surface area contributed by atoms with Gasteiger partial charge in [-0.3, -0.25) is 0 Å². The molecule has 0 amide bonds. The van der Waals surface area contributed by atoms with Gasteiger partial charge in [0.05, 0.1) is 24.5 Å². The minimum Gasteiger partial charge on any atom is -0.394 e. The van der Waals surface area contributed by atoms with Gasteiger partial charge in [-0.25, -0.2) is 8.42 Å². The molecule has 0 saturated heterocycles. The van der Waals surface area contributed by atoms with Crippen LogP contribution in [0.15, 0.2) is 0 Å². The van der Waals surface area contributed by atoms with Gasteiger partial charge in [-0.2, -0.15) is 0 Å². The zero-order chi connectivity index (χ0) is 11.2. The number of rotatable bonds is 7. The molecule has 0 aliphatic carbocycles. The van der Waals surface area contributed by atoms with Gasteiger partial charge in [0.15, 0.2) is 0 Å². The van der Waals surface area contributed by atoms with E-state index in [1.54, 1.807) is 0 Å². The first-order chi connectivity index (χ1) is 6.39. The van der Waals surface area contributed by atoms with Gasteiger partial charge in [0, 0.05) is 12.8 Å². The van der Waals surface area contributed by atoms with Crippen molar-refractivity contribution < 1.29 is 18.6 Å². The lowest BCUT2D eigenvalue weighted by Crippen LogP contribution is -2.52. The molecule has 0 rings (SSSR count). The summed E-state index contributed by atoms with van der Waals surface area (Å²) in [7, 11) is -3.00. The second-order valence-electron chi connectivity index (χ2n) is 3.51. The summed E-state index contributed by atoms with van der Waals surface area (Å²) < 4.78 is 21.6. The molecular weight excluding hydrogens is 206 g/mol. The smallest absolute Gasteiger partial charge is 0.148 e. The van der Waals surface area contributed by atoms with Gasteiger partial charge in [-0.15, -0.1) is 0 Å². The van der Waals surface area contributed by atoms with Crippen LogP contribution in [0.1, 0.15) is 13.3 Å². The Hall–Kier alpha value is -0.170. The Balaban J connectivity index is 4.08. The molecular formula is C8H19NO4S. The van der Waals surface area contributed by atoms with E-state index >= 15 is 0 Å². The third kappa shape index (κ3) is 4.90. The molecule has 0 aliphatic heterocycles. The fourth-order valence-electron chi connectivity index (χ4n) is 1.01. The van der Waals surface area contributed by atoms with Crippen LogP contribution in [0.25, 0.3) is 0 Å². The van der Waals surface area contributed by atoms with Crippen molar-refractivity contribution in [2.75, 3.05) is 31.8 Å². The van der Waals surface area contributed by atoms with Gasteiger partial charge < -0.3 is 15.5 Å². The van der Waals surface area contributed by atoms with Crippen molar-refractivity contribution >= 4 is 9.84 Å². The van der Waals surface area contributed by atoms with E-state index in [-0.39, 0.29) is 25.5 Å². The first kappa shape index (κ1) is 13.8. The maximum atomic E-state index is 10.8. The molecule has 14 heavy (non-hydrogen) atoms. The van der Waals surface area contributed by atoms with Gasteiger partial charge in [0.2, 0.25) is 0 Å². The Kier molecular flexibility index (Phi) is 5.58. The molecule has 5 nitrogen and oxygen atoms in total. The van der Waals surface area contributed by atoms with E-state index in [1.165, 1.54) is 0 Å². The van der Waals surface area contributed by atoms with Crippen molar-refractivity contribution in [3.8, 4) is 0 Å². The zero-order valence-electron chi connectivity index (χ0n) is 8.65. The molecule has 0 aliphatic rings. The van der Waals surface area contributed by atoms with Gasteiger partial charge in [-0.05, 0) is 6.42 Å². The van der Waals surface area contributed by atoms with Crippen LogP contribution in [0, 0.1) is 0 Å². The van der Waals surface area contributed by atoms with E-state index in [0.717, 1.165) is 6.26 Å². The number of sulfone groups is 1. The van der Waals surface area contributed by atoms with E-state index in [0.29, 0.717) is 6.42 Å². The molecule has 0 fully saturated rings. The Morgan fingerprint density at radius 1 is 1.29 bits per heavy atom. The lowest BCUT2D eigenvalue weighted by Gasteiger charge is -2.29. The highest BCUT2D eigenvalue weighted by Crippen LogP contribution is 2.07. The van der Waals surface area contributed by atoms with Crippen molar-refractivity contribution in [3.63, 3.8) is 0 Å². The van der Waals surface area contributed by atoms with Crippen LogP contribution in [-0.4, -0.2) is 55.9 Å². The van der Waals surface area contributed by atoms with E-state index < -0.39 is 15.4 Å². The molecule has 0 heterocycles. The topological polar surface area (TPSA) is 86.6 Å². The lowest BCUT2D eigenvalue weighted by atomic mass is 9.99. The van der Waals surface area contributed by atoms with Gasteiger partial charge >= 0.3 is 0 Å². The summed E-state index contributed by atoms with van der Waals surface area (Å²) in [5.74, 6) is 0.00868. The van der Waals surface area contributed by atoms with Crippen LogP contribution in [0.4, 0.5) is 0 Å². The fraction of sp³-hybridized carbons (Fsp3) is 1.00. The second kappa shape index (κ2) is 5.65. The Morgan fingerprint density at radius 2 is 1.79 bits per heavy atom. The van der Waals surface area contributed by atoms with E-state index in [2.05, 4.69) is 5.32 Å². The minimum absolute atomic E-state index is 0.00868. The molecule has 3 N–H and O–H groups in total. The number of hydrogen-bond acceptors (Lipinski definition) is 5. The minimum atomic E-state index is -3.00. The predicted molar refractivity (Wildman–Crippen MR) is 54.9 cm³/mol. The Bertz CT molecular complexity index is 238. The van der Waals surface area contributed by atoms with E-state index in [4.69, 9.17) is 10.2 Å². The number of hydrogen-bond donors (Lipinski definition) is 3. The largest absolute Gasteiger partial charge is 0.394 e. The molecule has 0 aromatic carbocycles. The standard InChI is InChI=1S/C8H19NO4S/c1-3-8(6-10,7-11)9-4-5-14(2,12)13/h9-11H,3-7H2,1-2H3. The molecule has 0 atom stereocenters. The highest BCUT2D eigenvalue weighted by atomic mass is 32.2. The highest BCUT2D eigenvalue weighted by molar-refractivity contribution is 7.90. The normalized spacial score (nSPS) is 13.1. The van der Waals surface area contributed by atoms with Crippen LogP contribution in [0.5, 0.6) is 0 Å². The highest BCUT2D eigenvalue weighted by Gasteiger charge is 2.25. The Labute approximate surface area is 85.1 Å². The predicted octanol–water partition coefficient (Wildman–Crippen LogP) is -1.25. The van der Waals surface area contributed by atoms with Gasteiger partial charge in [0.25, 0.3) is 0 Å². The van der Waals surface area contributed by atoms with Crippen LogP contribution >= 0.6 is 0 Å². The van der Waals surface area contributed by atoms with Crippen LogP contribution < -0.4 is 5.32 Å². The summed E-state index contributed by atoms with van der Waals surface area (Å²) in [6.07, 6.45) is 1.70. The quantitative estimate of drug-likeness (QED) is 0.504. The number of aliphatic hydroxyl groups is 2. The average Bonchev–Trinajstić information content (AvgIpc) is 2.11. The third-order valence-electron chi connectivity index (χ3n) is 2.25. The second-order valence-corrected chi connectivity index (χ2v) is 5.77. The molecule has 0 aromatic heterocycles. The first-order valence-electron chi connectivity index (χ1n) is 4.53. The molecule has 0 bridgehead atoms. The molecule has 6 heteroatoms. The van der Waals surface area contributed by atoms with Crippen LogP contribution in [-0.2, 0) is 9.84 Å². The summed E-state index contributed by atoms with van der Waals surface area (Å²) in [6.45, 7) is 1.65. The zero-order valence-corrected chi connectivity index (χ0v) is 9.47. The summed E-state index contributed by atoms with van der Waals surface area (Å²) in [4.78, 5) is 0. The van der Waals surface area contributed by atoms with E-state index in [9.17, 15) is 8.42 Å². The molecule has 0 aromatic rings. The van der Waals surface area contributed by atoms with Crippen molar-refractivity contribution in [1.29, 1.82) is 0 Å². The van der Waals surface area contributed by atoms with Crippen molar-refractivity contribution in [2.45, 2.75) is 18.9 Å². The molecule has 0 saturated carbocycles. The number of aliphatic hydroxyl groups excluding tert-OH is 2. The summed E-state index contributed by atoms with van der Waals surface area (Å²) >= 11 is 0. The maximum absolute atomic E-state index is 10.8. The van der Waals surface area contributed by atoms with Gasteiger partial charge in [-0.1, -0.05) is 6.92 Å².